The van der Waals surface area contributed by atoms with Crippen molar-refractivity contribution in [3.05, 3.63) is 0 Å². The molecule has 1 aliphatic heterocycles. The van der Waals surface area contributed by atoms with Gasteiger partial charge in [0, 0.05) is 38.1 Å². The molecule has 1 fully saturated rings. The van der Waals surface area contributed by atoms with Gasteiger partial charge in [-0.2, -0.15) is 0 Å². The van der Waals surface area contributed by atoms with Crippen LogP contribution in [0.25, 0.3) is 0 Å². The molecular formula is C8H17ClN2. The Labute approximate surface area is 74.1 Å². The SMILES string of the molecule is CC1CN(CCCl)CCN1C. The minimum Gasteiger partial charge on any atom is -0.301 e. The first-order valence-electron chi connectivity index (χ1n) is 4.22. The van der Waals surface area contributed by atoms with Gasteiger partial charge in [-0.1, -0.05) is 0 Å². The smallest absolute Gasteiger partial charge is 0.0351 e. The van der Waals surface area contributed by atoms with Gasteiger partial charge in [-0.05, 0) is 14.0 Å². The third-order valence-electron chi connectivity index (χ3n) is 2.44. The minimum atomic E-state index is 0.687. The molecule has 1 unspecified atom stereocenters. The molecule has 1 heterocycles. The van der Waals surface area contributed by atoms with Gasteiger partial charge >= 0.3 is 0 Å². The van der Waals surface area contributed by atoms with E-state index in [2.05, 4.69) is 23.8 Å². The molecule has 0 saturated carbocycles. The lowest BCUT2D eigenvalue weighted by atomic mass is 10.2. The summed E-state index contributed by atoms with van der Waals surface area (Å²) < 4.78 is 0. The third kappa shape index (κ3) is 2.62. The summed E-state index contributed by atoms with van der Waals surface area (Å²) in [5, 5.41) is 0. The fourth-order valence-corrected chi connectivity index (χ4v) is 1.69. The second-order valence-electron chi connectivity index (χ2n) is 3.32. The maximum absolute atomic E-state index is 5.66. The molecule has 0 N–H and O–H groups in total. The van der Waals surface area contributed by atoms with Crippen LogP contribution in [0.5, 0.6) is 0 Å². The summed E-state index contributed by atoms with van der Waals surface area (Å²) in [5.74, 6) is 0.760. The topological polar surface area (TPSA) is 6.48 Å². The first-order valence-corrected chi connectivity index (χ1v) is 4.76. The van der Waals surface area contributed by atoms with Crippen molar-refractivity contribution in [2.75, 3.05) is 39.1 Å². The largest absolute Gasteiger partial charge is 0.301 e. The highest BCUT2D eigenvalue weighted by Gasteiger charge is 2.19. The number of rotatable bonds is 2. The van der Waals surface area contributed by atoms with Crippen LogP contribution in [-0.4, -0.2) is 54.9 Å². The van der Waals surface area contributed by atoms with Crippen molar-refractivity contribution in [2.24, 2.45) is 0 Å². The Kier molecular flexibility index (Phi) is 3.63. The summed E-state index contributed by atoms with van der Waals surface area (Å²) in [6, 6.07) is 0.687. The standard InChI is InChI=1S/C8H17ClN2/c1-8-7-11(4-3-9)6-5-10(8)2/h8H,3-7H2,1-2H3. The second kappa shape index (κ2) is 4.29. The van der Waals surface area contributed by atoms with E-state index in [1.807, 2.05) is 0 Å². The van der Waals surface area contributed by atoms with E-state index in [0.717, 1.165) is 12.4 Å². The Hall–Kier alpha value is 0.210. The molecule has 0 aromatic carbocycles. The summed E-state index contributed by atoms with van der Waals surface area (Å²) >= 11 is 5.66. The van der Waals surface area contributed by atoms with Gasteiger partial charge in [0.15, 0.2) is 0 Å². The molecule has 66 valence electrons. The Morgan fingerprint density at radius 3 is 2.73 bits per heavy atom. The molecule has 1 atom stereocenters. The van der Waals surface area contributed by atoms with Gasteiger partial charge in [-0.3, -0.25) is 4.90 Å². The van der Waals surface area contributed by atoms with Crippen LogP contribution >= 0.6 is 11.6 Å². The highest BCUT2D eigenvalue weighted by atomic mass is 35.5. The van der Waals surface area contributed by atoms with Crippen LogP contribution in [-0.2, 0) is 0 Å². The van der Waals surface area contributed by atoms with Gasteiger partial charge in [0.2, 0.25) is 0 Å². The highest BCUT2D eigenvalue weighted by Crippen LogP contribution is 2.06. The molecule has 0 aromatic rings. The fraction of sp³-hybridized carbons (Fsp3) is 1.00. The van der Waals surface area contributed by atoms with Crippen LogP contribution in [0.1, 0.15) is 6.92 Å². The van der Waals surface area contributed by atoms with E-state index in [0.29, 0.717) is 6.04 Å². The van der Waals surface area contributed by atoms with Gasteiger partial charge in [0.25, 0.3) is 0 Å². The lowest BCUT2D eigenvalue weighted by Gasteiger charge is -2.37. The van der Waals surface area contributed by atoms with Crippen molar-refractivity contribution in [1.29, 1.82) is 0 Å². The zero-order chi connectivity index (χ0) is 8.27. The fourth-order valence-electron chi connectivity index (χ4n) is 1.45. The highest BCUT2D eigenvalue weighted by molar-refractivity contribution is 6.18. The molecular weight excluding hydrogens is 160 g/mol. The van der Waals surface area contributed by atoms with Crippen molar-refractivity contribution >= 4 is 11.6 Å². The summed E-state index contributed by atoms with van der Waals surface area (Å²) in [5.41, 5.74) is 0. The van der Waals surface area contributed by atoms with E-state index in [-0.39, 0.29) is 0 Å². The maximum atomic E-state index is 5.66. The van der Waals surface area contributed by atoms with Crippen LogP contribution < -0.4 is 0 Å². The van der Waals surface area contributed by atoms with Gasteiger partial charge in [0.1, 0.15) is 0 Å². The number of halogens is 1. The zero-order valence-corrected chi connectivity index (χ0v) is 8.14. The molecule has 0 spiro atoms. The van der Waals surface area contributed by atoms with E-state index in [1.165, 1.54) is 19.6 Å². The Bertz CT molecular complexity index is 119. The monoisotopic (exact) mass is 176 g/mol. The number of hydrogen-bond donors (Lipinski definition) is 0. The summed E-state index contributed by atoms with van der Waals surface area (Å²) in [6.07, 6.45) is 0. The van der Waals surface area contributed by atoms with Crippen LogP contribution in [0, 0.1) is 0 Å². The summed E-state index contributed by atoms with van der Waals surface area (Å²) in [7, 11) is 2.18. The first kappa shape index (κ1) is 9.30. The average Bonchev–Trinajstić information content (AvgIpc) is 1.98. The van der Waals surface area contributed by atoms with Gasteiger partial charge in [0.05, 0.1) is 0 Å². The van der Waals surface area contributed by atoms with Crippen LogP contribution in [0.3, 0.4) is 0 Å². The molecule has 0 amide bonds. The molecule has 2 nitrogen and oxygen atoms in total. The van der Waals surface area contributed by atoms with Crippen LogP contribution in [0.2, 0.25) is 0 Å². The predicted octanol–water partition coefficient (Wildman–Crippen LogP) is 0.861. The number of nitrogens with zero attached hydrogens (tertiary/aromatic N) is 2. The van der Waals surface area contributed by atoms with Gasteiger partial charge in [-0.25, -0.2) is 0 Å². The number of hydrogen-bond acceptors (Lipinski definition) is 2. The normalized spacial score (nSPS) is 29.2. The van der Waals surface area contributed by atoms with E-state index in [4.69, 9.17) is 11.6 Å². The molecule has 0 radical (unpaired) electrons. The quantitative estimate of drug-likeness (QED) is 0.576. The third-order valence-corrected chi connectivity index (χ3v) is 2.61. The molecule has 0 aromatic heterocycles. The van der Waals surface area contributed by atoms with Crippen molar-refractivity contribution in [1.82, 2.24) is 9.80 Å². The average molecular weight is 177 g/mol. The molecule has 0 bridgehead atoms. The Balaban J connectivity index is 2.28. The van der Waals surface area contributed by atoms with Crippen molar-refractivity contribution < 1.29 is 0 Å². The van der Waals surface area contributed by atoms with E-state index >= 15 is 0 Å². The first-order chi connectivity index (χ1) is 5.24. The number of piperazine rings is 1. The predicted molar refractivity (Wildman–Crippen MR) is 49.3 cm³/mol. The van der Waals surface area contributed by atoms with Crippen molar-refractivity contribution in [3.63, 3.8) is 0 Å². The van der Waals surface area contributed by atoms with Crippen LogP contribution in [0.4, 0.5) is 0 Å². The van der Waals surface area contributed by atoms with E-state index in [1.54, 1.807) is 0 Å². The molecule has 1 saturated heterocycles. The number of likely N-dealkylation sites (N-methyl/N-ethyl adjacent to an activating group) is 1. The van der Waals surface area contributed by atoms with E-state index in [9.17, 15) is 0 Å². The Morgan fingerprint density at radius 2 is 2.18 bits per heavy atom. The Morgan fingerprint density at radius 1 is 1.45 bits per heavy atom. The lowest BCUT2D eigenvalue weighted by molar-refractivity contribution is 0.110. The van der Waals surface area contributed by atoms with Crippen molar-refractivity contribution in [3.8, 4) is 0 Å². The van der Waals surface area contributed by atoms with Crippen LogP contribution in [0.15, 0.2) is 0 Å². The number of alkyl halides is 1. The molecule has 1 rings (SSSR count). The van der Waals surface area contributed by atoms with E-state index < -0.39 is 0 Å². The minimum absolute atomic E-state index is 0.687. The molecule has 3 heteroatoms. The summed E-state index contributed by atoms with van der Waals surface area (Å²) in [6.45, 7) is 6.83. The molecule has 0 aliphatic carbocycles. The maximum Gasteiger partial charge on any atom is 0.0351 e. The molecule has 11 heavy (non-hydrogen) atoms. The van der Waals surface area contributed by atoms with Gasteiger partial charge in [-0.15, -0.1) is 11.6 Å². The lowest BCUT2D eigenvalue weighted by Crippen LogP contribution is -2.50. The zero-order valence-electron chi connectivity index (χ0n) is 7.39. The molecule has 1 aliphatic rings. The van der Waals surface area contributed by atoms with Crippen molar-refractivity contribution in [2.45, 2.75) is 13.0 Å². The second-order valence-corrected chi connectivity index (χ2v) is 3.70. The van der Waals surface area contributed by atoms with Gasteiger partial charge < -0.3 is 4.90 Å². The summed E-state index contributed by atoms with van der Waals surface area (Å²) in [4.78, 5) is 4.82.